The van der Waals surface area contributed by atoms with E-state index in [4.69, 9.17) is 16.3 Å². The normalized spacial score (nSPS) is 33.2. The van der Waals surface area contributed by atoms with Crippen LogP contribution in [0.1, 0.15) is 52.4 Å². The molecule has 0 amide bonds. The minimum atomic E-state index is 0.348. The van der Waals surface area contributed by atoms with Crippen molar-refractivity contribution in [1.82, 2.24) is 0 Å². The van der Waals surface area contributed by atoms with Gasteiger partial charge in [-0.15, -0.1) is 11.6 Å². The van der Waals surface area contributed by atoms with Crippen LogP contribution in [0.25, 0.3) is 0 Å². The van der Waals surface area contributed by atoms with E-state index >= 15 is 0 Å². The van der Waals surface area contributed by atoms with Crippen LogP contribution in [-0.4, -0.2) is 18.1 Å². The fourth-order valence-corrected chi connectivity index (χ4v) is 2.74. The lowest BCUT2D eigenvalue weighted by Crippen LogP contribution is -2.36. The number of hydrogen-bond donors (Lipinski definition) is 0. The highest BCUT2D eigenvalue weighted by Crippen LogP contribution is 2.31. The zero-order valence-corrected chi connectivity index (χ0v) is 10.2. The summed E-state index contributed by atoms with van der Waals surface area (Å²) in [5.74, 6) is 0.585. The predicted octanol–water partition coefficient (Wildman–Crippen LogP) is 3.99. The van der Waals surface area contributed by atoms with Crippen molar-refractivity contribution >= 4 is 11.6 Å². The van der Waals surface area contributed by atoms with Gasteiger partial charge >= 0.3 is 0 Å². The molecule has 1 rings (SSSR count). The Bertz CT molecular complexity index is 149. The van der Waals surface area contributed by atoms with Gasteiger partial charge in [-0.25, -0.2) is 0 Å². The second-order valence-electron chi connectivity index (χ2n) is 4.28. The molecule has 0 aromatic rings. The van der Waals surface area contributed by atoms with Gasteiger partial charge < -0.3 is 4.74 Å². The van der Waals surface area contributed by atoms with Crippen molar-refractivity contribution in [3.05, 3.63) is 0 Å². The first kappa shape index (κ1) is 12.3. The van der Waals surface area contributed by atoms with Gasteiger partial charge in [0.2, 0.25) is 0 Å². The first-order valence-electron chi connectivity index (χ1n) is 6.05. The predicted molar refractivity (Wildman–Crippen MR) is 61.9 cm³/mol. The summed E-state index contributed by atoms with van der Waals surface area (Å²) in [5.41, 5.74) is 0. The van der Waals surface area contributed by atoms with Gasteiger partial charge in [-0.05, 0) is 19.3 Å². The molecule has 3 atom stereocenters. The Labute approximate surface area is 93.2 Å². The molecule has 1 aliphatic heterocycles. The molecule has 1 heterocycles. The van der Waals surface area contributed by atoms with E-state index in [1.165, 1.54) is 25.7 Å². The van der Waals surface area contributed by atoms with Gasteiger partial charge in [-0.1, -0.05) is 33.1 Å². The summed E-state index contributed by atoms with van der Waals surface area (Å²) >= 11 is 6.31. The van der Waals surface area contributed by atoms with Gasteiger partial charge in [-0.2, -0.15) is 0 Å². The Hall–Kier alpha value is 0.250. The summed E-state index contributed by atoms with van der Waals surface area (Å²) in [4.78, 5) is 0. The Kier molecular flexibility index (Phi) is 5.88. The second kappa shape index (κ2) is 6.68. The maximum atomic E-state index is 6.31. The smallest absolute Gasteiger partial charge is 0.0617 e. The molecule has 2 heteroatoms. The summed E-state index contributed by atoms with van der Waals surface area (Å²) in [6.07, 6.45) is 7.73. The van der Waals surface area contributed by atoms with E-state index < -0.39 is 0 Å². The van der Waals surface area contributed by atoms with E-state index in [1.54, 1.807) is 0 Å². The van der Waals surface area contributed by atoms with E-state index in [0.717, 1.165) is 19.4 Å². The van der Waals surface area contributed by atoms with Crippen LogP contribution in [0, 0.1) is 5.92 Å². The highest BCUT2D eigenvalue weighted by Gasteiger charge is 2.30. The van der Waals surface area contributed by atoms with E-state index in [0.29, 0.717) is 17.4 Å². The number of alkyl halides is 1. The molecule has 0 N–H and O–H groups in total. The molecule has 0 aromatic heterocycles. The molecule has 0 saturated carbocycles. The summed E-state index contributed by atoms with van der Waals surface area (Å²) in [7, 11) is 0. The van der Waals surface area contributed by atoms with Crippen molar-refractivity contribution < 1.29 is 4.74 Å². The molecule has 14 heavy (non-hydrogen) atoms. The molecular formula is C12H23ClO. The van der Waals surface area contributed by atoms with Gasteiger partial charge in [0.05, 0.1) is 6.10 Å². The maximum absolute atomic E-state index is 6.31. The molecule has 0 radical (unpaired) electrons. The third-order valence-corrected chi connectivity index (χ3v) is 3.77. The molecule has 1 fully saturated rings. The highest BCUT2D eigenvalue weighted by atomic mass is 35.5. The second-order valence-corrected chi connectivity index (χ2v) is 4.84. The number of rotatable bonds is 5. The van der Waals surface area contributed by atoms with Gasteiger partial charge in [0.1, 0.15) is 0 Å². The molecular weight excluding hydrogens is 196 g/mol. The molecule has 0 unspecified atom stereocenters. The highest BCUT2D eigenvalue weighted by molar-refractivity contribution is 6.20. The first-order valence-corrected chi connectivity index (χ1v) is 6.48. The summed E-state index contributed by atoms with van der Waals surface area (Å²) in [6.45, 7) is 5.33. The molecule has 1 aliphatic rings. The lowest BCUT2D eigenvalue weighted by molar-refractivity contribution is -0.0305. The molecule has 0 aliphatic carbocycles. The van der Waals surface area contributed by atoms with E-state index in [-0.39, 0.29) is 0 Å². The van der Waals surface area contributed by atoms with Crippen LogP contribution in [0.4, 0.5) is 0 Å². The van der Waals surface area contributed by atoms with Crippen LogP contribution in [0.15, 0.2) is 0 Å². The van der Waals surface area contributed by atoms with E-state index in [2.05, 4.69) is 13.8 Å². The Morgan fingerprint density at radius 1 is 1.29 bits per heavy atom. The van der Waals surface area contributed by atoms with Crippen molar-refractivity contribution in [2.75, 3.05) is 6.61 Å². The van der Waals surface area contributed by atoms with E-state index in [9.17, 15) is 0 Å². The largest absolute Gasteiger partial charge is 0.378 e. The zero-order chi connectivity index (χ0) is 10.4. The third-order valence-electron chi connectivity index (χ3n) is 3.23. The molecule has 1 nitrogen and oxygen atoms in total. The van der Waals surface area contributed by atoms with E-state index in [1.807, 2.05) is 0 Å². The van der Waals surface area contributed by atoms with Crippen molar-refractivity contribution in [3.63, 3.8) is 0 Å². The Balaban J connectivity index is 2.32. The molecule has 0 bridgehead atoms. The SMILES string of the molecule is CCCCC[C@H]1OCC[C@@H](Cl)[C@@H]1CC. The zero-order valence-electron chi connectivity index (χ0n) is 9.47. The van der Waals surface area contributed by atoms with Gasteiger partial charge in [0.25, 0.3) is 0 Å². The Morgan fingerprint density at radius 3 is 2.71 bits per heavy atom. The number of halogens is 1. The van der Waals surface area contributed by atoms with Crippen LogP contribution in [0.5, 0.6) is 0 Å². The number of unbranched alkanes of at least 4 members (excludes halogenated alkanes) is 2. The van der Waals surface area contributed by atoms with Crippen molar-refractivity contribution in [2.45, 2.75) is 63.9 Å². The lowest BCUT2D eigenvalue weighted by atomic mass is 9.88. The lowest BCUT2D eigenvalue weighted by Gasteiger charge is -2.34. The number of hydrogen-bond acceptors (Lipinski definition) is 1. The van der Waals surface area contributed by atoms with Gasteiger partial charge in [0.15, 0.2) is 0 Å². The van der Waals surface area contributed by atoms with Crippen LogP contribution in [0.2, 0.25) is 0 Å². The van der Waals surface area contributed by atoms with Gasteiger partial charge in [-0.3, -0.25) is 0 Å². The number of ether oxygens (including phenoxy) is 1. The first-order chi connectivity index (χ1) is 6.79. The molecule has 0 spiro atoms. The Morgan fingerprint density at radius 2 is 2.07 bits per heavy atom. The standard InChI is InChI=1S/C12H23ClO/c1-3-5-6-7-12-10(4-2)11(13)8-9-14-12/h10-12H,3-9H2,1-2H3/t10-,11+,12+/m0/s1. The topological polar surface area (TPSA) is 9.23 Å². The van der Waals surface area contributed by atoms with Crippen LogP contribution in [-0.2, 0) is 4.74 Å². The van der Waals surface area contributed by atoms with Crippen molar-refractivity contribution in [1.29, 1.82) is 0 Å². The monoisotopic (exact) mass is 218 g/mol. The average molecular weight is 219 g/mol. The van der Waals surface area contributed by atoms with Gasteiger partial charge in [0, 0.05) is 17.9 Å². The summed E-state index contributed by atoms with van der Waals surface area (Å²) < 4.78 is 5.81. The average Bonchev–Trinajstić information content (AvgIpc) is 2.18. The minimum absolute atomic E-state index is 0.348. The van der Waals surface area contributed by atoms with Crippen molar-refractivity contribution in [3.8, 4) is 0 Å². The van der Waals surface area contributed by atoms with Crippen molar-refractivity contribution in [2.24, 2.45) is 5.92 Å². The molecule has 1 saturated heterocycles. The molecule has 0 aromatic carbocycles. The fourth-order valence-electron chi connectivity index (χ4n) is 2.31. The van der Waals surface area contributed by atoms with Crippen LogP contribution in [0.3, 0.4) is 0 Å². The maximum Gasteiger partial charge on any atom is 0.0617 e. The fraction of sp³-hybridized carbons (Fsp3) is 1.00. The third kappa shape index (κ3) is 3.43. The van der Waals surface area contributed by atoms with Crippen LogP contribution < -0.4 is 0 Å². The quantitative estimate of drug-likeness (QED) is 0.501. The minimum Gasteiger partial charge on any atom is -0.378 e. The van der Waals surface area contributed by atoms with Crippen LogP contribution >= 0.6 is 11.6 Å². The summed E-state index contributed by atoms with van der Waals surface area (Å²) in [5, 5.41) is 0.348. The molecule has 84 valence electrons. The summed E-state index contributed by atoms with van der Waals surface area (Å²) in [6, 6.07) is 0.